The Kier molecular flexibility index (Phi) is 19.9. The van der Waals surface area contributed by atoms with E-state index in [1.807, 2.05) is 60.7 Å². The minimum Gasteiger partial charge on any atom is -0.508 e. The molecule has 1 heterocycles. The van der Waals surface area contributed by atoms with Gasteiger partial charge in [-0.1, -0.05) is 84.9 Å². The smallest absolute Gasteiger partial charge is 0.490 e. The maximum absolute atomic E-state index is 14.0. The normalized spacial score (nSPS) is 14.4. The third-order valence-electron chi connectivity index (χ3n) is 9.64. The van der Waals surface area contributed by atoms with Gasteiger partial charge in [0.2, 0.25) is 23.6 Å². The number of phenolic OH excluding ortho intramolecular Hbond substituents is 2. The van der Waals surface area contributed by atoms with Crippen LogP contribution in [0.5, 0.6) is 11.5 Å². The molecule has 1 aliphatic heterocycles. The average molecular weight is 935 g/mol. The predicted molar refractivity (Wildman–Crippen MR) is 224 cm³/mol. The SMILES string of the molecule is N[C@H](Cc1ccc(O)cc1)C(=O)N[C@H](Cc1ccccc1)C(=O)N1CCN(C(=O)[C@@H](Cc2ccccc2)NC(=O)[C@H](N)Cc2ccc(O)cc2)CC1.O=C(O)C(F)(F)F.O=C(O)C(F)(F)F. The number of carbonyl (C=O) groups excluding carboxylic acids is 4. The Morgan fingerprint density at radius 1 is 0.485 bits per heavy atom. The van der Waals surface area contributed by atoms with Crippen LogP contribution in [0.4, 0.5) is 26.3 Å². The number of hydrogen-bond acceptors (Lipinski definition) is 10. The van der Waals surface area contributed by atoms with Crippen LogP contribution in [-0.4, -0.2) is 128 Å². The Labute approximate surface area is 373 Å². The lowest BCUT2D eigenvalue weighted by molar-refractivity contribution is -0.193. The summed E-state index contributed by atoms with van der Waals surface area (Å²) in [5, 5.41) is 39.2. The molecule has 1 aliphatic rings. The number of aromatic hydroxyl groups is 2. The van der Waals surface area contributed by atoms with E-state index in [9.17, 15) is 55.7 Å². The highest BCUT2D eigenvalue weighted by Crippen LogP contribution is 2.17. The van der Waals surface area contributed by atoms with E-state index >= 15 is 0 Å². The maximum Gasteiger partial charge on any atom is 0.490 e. The molecule has 0 aliphatic carbocycles. The van der Waals surface area contributed by atoms with Crippen LogP contribution >= 0.6 is 0 Å². The molecule has 0 radical (unpaired) electrons. The number of phenols is 2. The Morgan fingerprint density at radius 3 is 1.00 bits per heavy atom. The molecule has 4 atom stereocenters. The van der Waals surface area contributed by atoms with E-state index < -0.39 is 60.3 Å². The molecular formula is C44H48F6N6O10. The number of hydrogen-bond donors (Lipinski definition) is 8. The van der Waals surface area contributed by atoms with Crippen molar-refractivity contribution in [1.29, 1.82) is 0 Å². The first-order valence-corrected chi connectivity index (χ1v) is 19.9. The van der Waals surface area contributed by atoms with Gasteiger partial charge in [-0.15, -0.1) is 0 Å². The molecule has 4 amide bonds. The Morgan fingerprint density at radius 2 is 0.742 bits per heavy atom. The van der Waals surface area contributed by atoms with Crippen molar-refractivity contribution in [2.45, 2.75) is 62.2 Å². The Balaban J connectivity index is 0.000000715. The zero-order valence-corrected chi connectivity index (χ0v) is 34.9. The summed E-state index contributed by atoms with van der Waals surface area (Å²) in [5.41, 5.74) is 15.8. The van der Waals surface area contributed by atoms with E-state index in [-0.39, 0.29) is 75.2 Å². The highest BCUT2D eigenvalue weighted by atomic mass is 19.4. The number of nitrogens with one attached hydrogen (secondary N) is 2. The summed E-state index contributed by atoms with van der Waals surface area (Å²) >= 11 is 0. The number of alkyl halides is 6. The van der Waals surface area contributed by atoms with Gasteiger partial charge in [0.1, 0.15) is 23.6 Å². The van der Waals surface area contributed by atoms with Crippen molar-refractivity contribution in [3.63, 3.8) is 0 Å². The van der Waals surface area contributed by atoms with Gasteiger partial charge in [0.15, 0.2) is 0 Å². The van der Waals surface area contributed by atoms with Crippen molar-refractivity contribution in [2.75, 3.05) is 26.2 Å². The fourth-order valence-electron chi connectivity index (χ4n) is 6.20. The van der Waals surface area contributed by atoms with Gasteiger partial charge in [-0.25, -0.2) is 9.59 Å². The first-order chi connectivity index (χ1) is 30.9. The molecule has 356 valence electrons. The lowest BCUT2D eigenvalue weighted by Crippen LogP contribution is -2.60. The molecule has 4 aromatic rings. The van der Waals surface area contributed by atoms with Crippen LogP contribution in [0.15, 0.2) is 109 Å². The molecule has 16 nitrogen and oxygen atoms in total. The van der Waals surface area contributed by atoms with Gasteiger partial charge in [-0.05, 0) is 59.4 Å². The largest absolute Gasteiger partial charge is 0.508 e. The minimum absolute atomic E-state index is 0.111. The third kappa shape index (κ3) is 18.1. The maximum atomic E-state index is 14.0. The van der Waals surface area contributed by atoms with Crippen LogP contribution in [0, 0.1) is 0 Å². The summed E-state index contributed by atoms with van der Waals surface area (Å²) in [4.78, 5) is 75.5. The first kappa shape index (κ1) is 53.1. The van der Waals surface area contributed by atoms with Gasteiger partial charge < -0.3 is 52.3 Å². The van der Waals surface area contributed by atoms with Gasteiger partial charge in [0, 0.05) is 39.0 Å². The van der Waals surface area contributed by atoms with Gasteiger partial charge in [-0.2, -0.15) is 26.3 Å². The number of amides is 4. The number of nitrogens with two attached hydrogens (primary N) is 2. The summed E-state index contributed by atoms with van der Waals surface area (Å²) in [6, 6.07) is 28.0. The molecule has 10 N–H and O–H groups in total. The molecule has 0 bridgehead atoms. The summed E-state index contributed by atoms with van der Waals surface area (Å²) in [7, 11) is 0. The molecule has 5 rings (SSSR count). The zero-order chi connectivity index (χ0) is 49.2. The predicted octanol–water partition coefficient (Wildman–Crippen LogP) is 2.93. The topological polar surface area (TPSA) is 266 Å². The second-order valence-electron chi connectivity index (χ2n) is 14.7. The van der Waals surface area contributed by atoms with Gasteiger partial charge >= 0.3 is 24.3 Å². The monoisotopic (exact) mass is 934 g/mol. The van der Waals surface area contributed by atoms with E-state index in [0.717, 1.165) is 22.3 Å². The Hall–Kier alpha value is -7.20. The second kappa shape index (κ2) is 24.8. The number of aliphatic carboxylic acids is 2. The van der Waals surface area contributed by atoms with E-state index in [4.69, 9.17) is 31.3 Å². The molecular weight excluding hydrogens is 887 g/mol. The summed E-state index contributed by atoms with van der Waals surface area (Å²) in [5.74, 6) is -6.80. The minimum atomic E-state index is -5.08. The summed E-state index contributed by atoms with van der Waals surface area (Å²) in [6.07, 6.45) is -9.21. The Bertz CT molecular complexity index is 2050. The van der Waals surface area contributed by atoms with Crippen molar-refractivity contribution in [3.8, 4) is 11.5 Å². The van der Waals surface area contributed by atoms with Crippen LogP contribution in [0.1, 0.15) is 22.3 Å². The molecule has 22 heteroatoms. The summed E-state index contributed by atoms with van der Waals surface area (Å²) < 4.78 is 63.5. The van der Waals surface area contributed by atoms with Crippen LogP contribution in [0.3, 0.4) is 0 Å². The van der Waals surface area contributed by atoms with E-state index in [2.05, 4.69) is 10.6 Å². The van der Waals surface area contributed by atoms with Crippen molar-refractivity contribution < 1.29 is 75.5 Å². The standard InChI is InChI=1S/C40H46N6O6.2C2HF3O2/c41-33(23-29-11-15-31(47)16-12-29)37(49)43-35(25-27-7-3-1-4-8-27)39(51)45-19-21-46(22-20-45)40(52)36(26-28-9-5-2-6-10-28)44-38(50)34(42)24-30-13-17-32(48)18-14-30;2*3-2(4,5)1(6)7/h1-18,33-36,47-48H,19-26,41-42H2,(H,43,49)(H,44,50);2*(H,6,7)/t33-,34-,35-,36-;;/m1../s1. The van der Waals surface area contributed by atoms with Crippen molar-refractivity contribution in [1.82, 2.24) is 20.4 Å². The summed E-state index contributed by atoms with van der Waals surface area (Å²) in [6.45, 7) is 0.935. The number of piperazine rings is 1. The van der Waals surface area contributed by atoms with Crippen LogP contribution < -0.4 is 22.1 Å². The van der Waals surface area contributed by atoms with Gasteiger partial charge in [0.25, 0.3) is 0 Å². The lowest BCUT2D eigenvalue weighted by Gasteiger charge is -2.38. The third-order valence-corrected chi connectivity index (χ3v) is 9.64. The average Bonchev–Trinajstić information content (AvgIpc) is 3.27. The molecule has 0 unspecified atom stereocenters. The highest BCUT2D eigenvalue weighted by Gasteiger charge is 2.39. The number of carboxylic acids is 2. The molecule has 4 aromatic carbocycles. The molecule has 0 aromatic heterocycles. The highest BCUT2D eigenvalue weighted by molar-refractivity contribution is 5.91. The van der Waals surface area contributed by atoms with Crippen LogP contribution in [-0.2, 0) is 54.5 Å². The lowest BCUT2D eigenvalue weighted by atomic mass is 10.0. The molecule has 66 heavy (non-hydrogen) atoms. The number of benzene rings is 4. The van der Waals surface area contributed by atoms with E-state index in [1.54, 1.807) is 34.1 Å². The number of carboxylic acid groups (broad SMARTS) is 2. The first-order valence-electron chi connectivity index (χ1n) is 19.9. The number of carbonyl (C=O) groups is 6. The quantitative estimate of drug-likeness (QED) is 0.0849. The molecule has 1 fully saturated rings. The number of nitrogens with zero attached hydrogens (tertiary/aromatic N) is 2. The van der Waals surface area contributed by atoms with Crippen LogP contribution in [0.25, 0.3) is 0 Å². The number of halogens is 6. The van der Waals surface area contributed by atoms with Crippen molar-refractivity contribution in [2.24, 2.45) is 11.5 Å². The fraction of sp³-hybridized carbons (Fsp3) is 0.318. The van der Waals surface area contributed by atoms with Gasteiger partial charge in [0.05, 0.1) is 12.1 Å². The van der Waals surface area contributed by atoms with Gasteiger partial charge in [-0.3, -0.25) is 19.2 Å². The van der Waals surface area contributed by atoms with E-state index in [1.165, 1.54) is 24.3 Å². The van der Waals surface area contributed by atoms with Crippen LogP contribution in [0.2, 0.25) is 0 Å². The number of rotatable bonds is 14. The second-order valence-corrected chi connectivity index (χ2v) is 14.7. The molecule has 0 saturated carbocycles. The van der Waals surface area contributed by atoms with Crippen molar-refractivity contribution >= 4 is 35.6 Å². The fourth-order valence-corrected chi connectivity index (χ4v) is 6.20. The van der Waals surface area contributed by atoms with Crippen molar-refractivity contribution in [3.05, 3.63) is 131 Å². The zero-order valence-electron chi connectivity index (χ0n) is 34.9. The molecule has 1 saturated heterocycles. The molecule has 0 spiro atoms. The van der Waals surface area contributed by atoms with E-state index in [0.29, 0.717) is 0 Å².